The number of thioether (sulfide) groups is 1. The standard InChI is InChI=1S/C16H21N5OS3/c1-11(2)5-6-13-18-14(22-21-13)10-24-16-20-19-15(25-16)17-8-7-12-4-3-9-23-12/h3-4,9,11H,5-8,10H2,1-2H3,(H,17,19). The molecule has 0 saturated carbocycles. The van der Waals surface area contributed by atoms with Gasteiger partial charge in [-0.25, -0.2) is 0 Å². The van der Waals surface area contributed by atoms with E-state index in [2.05, 4.69) is 57.0 Å². The van der Waals surface area contributed by atoms with Gasteiger partial charge in [-0.3, -0.25) is 0 Å². The van der Waals surface area contributed by atoms with Gasteiger partial charge in [0.15, 0.2) is 10.2 Å². The van der Waals surface area contributed by atoms with Gasteiger partial charge in [-0.15, -0.1) is 21.5 Å². The molecule has 0 aromatic carbocycles. The van der Waals surface area contributed by atoms with Crippen molar-refractivity contribution in [2.45, 2.75) is 43.2 Å². The van der Waals surface area contributed by atoms with E-state index in [0.717, 1.165) is 41.1 Å². The molecule has 0 saturated heterocycles. The zero-order valence-corrected chi connectivity index (χ0v) is 16.7. The number of anilines is 1. The predicted molar refractivity (Wildman–Crippen MR) is 103 cm³/mol. The first-order chi connectivity index (χ1) is 12.2. The summed E-state index contributed by atoms with van der Waals surface area (Å²) in [7, 11) is 0. The fourth-order valence-corrected chi connectivity index (χ4v) is 4.40. The van der Waals surface area contributed by atoms with Crippen molar-refractivity contribution in [2.24, 2.45) is 5.92 Å². The summed E-state index contributed by atoms with van der Waals surface area (Å²) in [6.45, 7) is 5.25. The minimum Gasteiger partial charge on any atom is -0.360 e. The van der Waals surface area contributed by atoms with Gasteiger partial charge in [-0.2, -0.15) is 4.98 Å². The molecule has 3 heterocycles. The molecule has 0 aliphatic heterocycles. The van der Waals surface area contributed by atoms with Gasteiger partial charge in [-0.05, 0) is 30.2 Å². The predicted octanol–water partition coefficient (Wildman–Crippen LogP) is 4.52. The summed E-state index contributed by atoms with van der Waals surface area (Å²) >= 11 is 4.90. The van der Waals surface area contributed by atoms with Crippen LogP contribution in [0.2, 0.25) is 0 Å². The SMILES string of the molecule is CC(C)CCc1noc(CSc2nnc(NCCc3cccs3)s2)n1. The third-order valence-electron chi connectivity index (χ3n) is 3.41. The average Bonchev–Trinajstić information content (AvgIpc) is 3.33. The van der Waals surface area contributed by atoms with E-state index in [9.17, 15) is 0 Å². The summed E-state index contributed by atoms with van der Waals surface area (Å²) in [6, 6.07) is 4.22. The molecule has 0 atom stereocenters. The Kier molecular flexibility index (Phi) is 6.83. The van der Waals surface area contributed by atoms with Gasteiger partial charge in [0.1, 0.15) is 0 Å². The summed E-state index contributed by atoms with van der Waals surface area (Å²) < 4.78 is 6.20. The molecular weight excluding hydrogens is 374 g/mol. The number of hydrogen-bond acceptors (Lipinski definition) is 9. The number of aromatic nitrogens is 4. The molecule has 134 valence electrons. The molecule has 0 unspecified atom stereocenters. The van der Waals surface area contributed by atoms with Crippen molar-refractivity contribution >= 4 is 39.6 Å². The van der Waals surface area contributed by atoms with Crippen molar-refractivity contribution in [1.82, 2.24) is 20.3 Å². The maximum absolute atomic E-state index is 5.29. The number of rotatable bonds is 10. The van der Waals surface area contributed by atoms with E-state index >= 15 is 0 Å². The lowest BCUT2D eigenvalue weighted by Crippen LogP contribution is -2.03. The van der Waals surface area contributed by atoms with E-state index in [1.807, 2.05) is 0 Å². The zero-order valence-electron chi connectivity index (χ0n) is 14.3. The second-order valence-electron chi connectivity index (χ2n) is 5.95. The molecule has 6 nitrogen and oxygen atoms in total. The Balaban J connectivity index is 1.40. The van der Waals surface area contributed by atoms with Crippen molar-refractivity contribution in [3.05, 3.63) is 34.1 Å². The smallest absolute Gasteiger partial charge is 0.237 e. The molecule has 0 radical (unpaired) electrons. The third-order valence-corrected chi connectivity index (χ3v) is 6.34. The monoisotopic (exact) mass is 395 g/mol. The van der Waals surface area contributed by atoms with Crippen LogP contribution in [0, 0.1) is 5.92 Å². The average molecular weight is 396 g/mol. The summed E-state index contributed by atoms with van der Waals surface area (Å²) in [5.41, 5.74) is 0. The molecule has 0 fully saturated rings. The van der Waals surface area contributed by atoms with Crippen LogP contribution in [0.1, 0.15) is 36.9 Å². The lowest BCUT2D eigenvalue weighted by molar-refractivity contribution is 0.383. The highest BCUT2D eigenvalue weighted by Gasteiger charge is 2.10. The number of aryl methyl sites for hydroxylation is 1. The highest BCUT2D eigenvalue weighted by atomic mass is 32.2. The van der Waals surface area contributed by atoms with E-state index in [4.69, 9.17) is 4.52 Å². The number of hydrogen-bond donors (Lipinski definition) is 1. The molecule has 3 rings (SSSR count). The van der Waals surface area contributed by atoms with E-state index in [1.165, 1.54) is 4.88 Å². The summed E-state index contributed by atoms with van der Waals surface area (Å²) in [6.07, 6.45) is 2.94. The highest BCUT2D eigenvalue weighted by molar-refractivity contribution is 8.00. The first-order valence-corrected chi connectivity index (χ1v) is 10.9. The molecule has 0 spiro atoms. The Labute approximate surface area is 159 Å². The van der Waals surface area contributed by atoms with Crippen molar-refractivity contribution in [1.29, 1.82) is 0 Å². The van der Waals surface area contributed by atoms with Crippen LogP contribution in [-0.4, -0.2) is 26.9 Å². The van der Waals surface area contributed by atoms with Crippen LogP contribution in [-0.2, 0) is 18.6 Å². The Bertz CT molecular complexity index is 754. The minimum atomic E-state index is 0.624. The van der Waals surface area contributed by atoms with Gasteiger partial charge < -0.3 is 9.84 Å². The summed E-state index contributed by atoms with van der Waals surface area (Å²) in [5.74, 6) is 2.70. The van der Waals surface area contributed by atoms with Gasteiger partial charge in [-0.1, -0.05) is 48.2 Å². The van der Waals surface area contributed by atoms with Crippen LogP contribution >= 0.6 is 34.4 Å². The van der Waals surface area contributed by atoms with Crippen LogP contribution in [0.15, 0.2) is 26.4 Å². The lowest BCUT2D eigenvalue weighted by atomic mass is 10.1. The van der Waals surface area contributed by atoms with Gasteiger partial charge >= 0.3 is 0 Å². The highest BCUT2D eigenvalue weighted by Crippen LogP contribution is 2.28. The van der Waals surface area contributed by atoms with Gasteiger partial charge in [0.05, 0.1) is 5.75 Å². The normalized spacial score (nSPS) is 11.3. The molecular formula is C16H21N5OS3. The fraction of sp³-hybridized carbons (Fsp3) is 0.500. The minimum absolute atomic E-state index is 0.624. The van der Waals surface area contributed by atoms with Crippen molar-refractivity contribution < 1.29 is 4.52 Å². The zero-order chi connectivity index (χ0) is 17.5. The molecule has 3 aromatic rings. The molecule has 3 aromatic heterocycles. The number of nitrogens with one attached hydrogen (secondary N) is 1. The Hall–Kier alpha value is -1.45. The summed E-state index contributed by atoms with van der Waals surface area (Å²) in [4.78, 5) is 5.80. The molecule has 25 heavy (non-hydrogen) atoms. The Morgan fingerprint density at radius 3 is 3.00 bits per heavy atom. The first-order valence-electron chi connectivity index (χ1n) is 8.23. The van der Waals surface area contributed by atoms with E-state index < -0.39 is 0 Å². The van der Waals surface area contributed by atoms with E-state index in [1.54, 1.807) is 34.4 Å². The maximum Gasteiger partial charge on any atom is 0.237 e. The van der Waals surface area contributed by atoms with Crippen LogP contribution in [0.5, 0.6) is 0 Å². The maximum atomic E-state index is 5.29. The van der Waals surface area contributed by atoms with Crippen molar-refractivity contribution in [2.75, 3.05) is 11.9 Å². The van der Waals surface area contributed by atoms with Crippen molar-refractivity contribution in [3.8, 4) is 0 Å². The van der Waals surface area contributed by atoms with E-state index in [-0.39, 0.29) is 0 Å². The summed E-state index contributed by atoms with van der Waals surface area (Å²) in [5, 5.41) is 18.7. The lowest BCUT2D eigenvalue weighted by Gasteiger charge is -1.99. The third kappa shape index (κ3) is 6.09. The molecule has 9 heteroatoms. The second-order valence-corrected chi connectivity index (χ2v) is 9.19. The topological polar surface area (TPSA) is 76.7 Å². The van der Waals surface area contributed by atoms with Gasteiger partial charge in [0.2, 0.25) is 11.0 Å². The molecule has 0 aliphatic carbocycles. The van der Waals surface area contributed by atoms with Crippen molar-refractivity contribution in [3.63, 3.8) is 0 Å². The second kappa shape index (κ2) is 9.30. The quantitative estimate of drug-likeness (QED) is 0.506. The largest absolute Gasteiger partial charge is 0.360 e. The van der Waals surface area contributed by atoms with Gasteiger partial charge in [0.25, 0.3) is 0 Å². The van der Waals surface area contributed by atoms with Gasteiger partial charge in [0, 0.05) is 17.8 Å². The molecule has 0 bridgehead atoms. The van der Waals surface area contributed by atoms with Crippen LogP contribution < -0.4 is 5.32 Å². The first kappa shape index (κ1) is 18.3. The van der Waals surface area contributed by atoms with Crippen LogP contribution in [0.4, 0.5) is 5.13 Å². The Morgan fingerprint density at radius 1 is 1.28 bits per heavy atom. The molecule has 1 N–H and O–H groups in total. The van der Waals surface area contributed by atoms with E-state index in [0.29, 0.717) is 17.6 Å². The van der Waals surface area contributed by atoms with Crippen LogP contribution in [0.25, 0.3) is 0 Å². The number of thiophene rings is 1. The number of nitrogens with zero attached hydrogens (tertiary/aromatic N) is 4. The van der Waals surface area contributed by atoms with Crippen LogP contribution in [0.3, 0.4) is 0 Å². The molecule has 0 aliphatic rings. The molecule has 0 amide bonds. The Morgan fingerprint density at radius 2 is 2.20 bits per heavy atom. The fourth-order valence-electron chi connectivity index (χ4n) is 2.08.